The second-order valence-electron chi connectivity index (χ2n) is 5.44. The Hall–Kier alpha value is -0.530. The minimum absolute atomic E-state index is 0.257. The van der Waals surface area contributed by atoms with Gasteiger partial charge in [-0.15, -0.1) is 0 Å². The third kappa shape index (κ3) is 5.56. The van der Waals surface area contributed by atoms with Crippen LogP contribution in [0.4, 0.5) is 0 Å². The Kier molecular flexibility index (Phi) is 7.30. The van der Waals surface area contributed by atoms with Gasteiger partial charge in [-0.1, -0.05) is 52.4 Å². The predicted molar refractivity (Wildman–Crippen MR) is 72.9 cm³/mol. The summed E-state index contributed by atoms with van der Waals surface area (Å²) in [5, 5.41) is 3.23. The summed E-state index contributed by atoms with van der Waals surface area (Å²) < 4.78 is 0. The van der Waals surface area contributed by atoms with E-state index in [2.05, 4.69) is 19.2 Å². The minimum atomic E-state index is 0.257. The fourth-order valence-electron chi connectivity index (χ4n) is 2.73. The number of hydrogen-bond donors (Lipinski definition) is 1. The van der Waals surface area contributed by atoms with Crippen LogP contribution in [0.15, 0.2) is 0 Å². The molecule has 1 N–H and O–H groups in total. The first-order valence-electron chi connectivity index (χ1n) is 7.58. The Bertz CT molecular complexity index is 209. The van der Waals surface area contributed by atoms with Crippen molar-refractivity contribution in [3.8, 4) is 0 Å². The molecule has 1 amide bonds. The molecule has 2 nitrogen and oxygen atoms in total. The van der Waals surface area contributed by atoms with Gasteiger partial charge in [0, 0.05) is 12.0 Å². The predicted octanol–water partition coefficient (Wildman–Crippen LogP) is 4.04. The molecule has 0 aromatic rings. The van der Waals surface area contributed by atoms with Crippen LogP contribution in [0.5, 0.6) is 0 Å². The van der Waals surface area contributed by atoms with Crippen LogP contribution in [0.2, 0.25) is 0 Å². The quantitative estimate of drug-likeness (QED) is 0.636. The molecular formula is C15H29NO. The molecule has 17 heavy (non-hydrogen) atoms. The first-order chi connectivity index (χ1) is 8.27. The lowest BCUT2D eigenvalue weighted by Crippen LogP contribution is -2.37. The van der Waals surface area contributed by atoms with Crippen LogP contribution >= 0.6 is 0 Å². The van der Waals surface area contributed by atoms with E-state index in [9.17, 15) is 4.79 Å². The first-order valence-corrected chi connectivity index (χ1v) is 7.58. The molecule has 1 aliphatic carbocycles. The number of nitrogens with one attached hydrogen (secondary N) is 1. The fraction of sp³-hybridized carbons (Fsp3) is 0.933. The van der Waals surface area contributed by atoms with Crippen LogP contribution in [-0.4, -0.2) is 11.9 Å². The van der Waals surface area contributed by atoms with Crippen LogP contribution in [0, 0.1) is 5.92 Å². The van der Waals surface area contributed by atoms with Crippen LogP contribution in [0.3, 0.4) is 0 Å². The van der Waals surface area contributed by atoms with E-state index in [1.54, 1.807) is 0 Å². The molecular weight excluding hydrogens is 210 g/mol. The number of unbranched alkanes of at least 4 members (excludes halogenated alkanes) is 3. The van der Waals surface area contributed by atoms with E-state index >= 15 is 0 Å². The maximum Gasteiger partial charge on any atom is 0.223 e. The highest BCUT2D eigenvalue weighted by molar-refractivity contribution is 5.78. The van der Waals surface area contributed by atoms with Crippen molar-refractivity contribution in [3.63, 3.8) is 0 Å². The highest BCUT2D eigenvalue weighted by Crippen LogP contribution is 2.20. The van der Waals surface area contributed by atoms with Crippen molar-refractivity contribution < 1.29 is 4.79 Å². The molecule has 0 aromatic heterocycles. The van der Waals surface area contributed by atoms with E-state index in [4.69, 9.17) is 0 Å². The van der Waals surface area contributed by atoms with Crippen molar-refractivity contribution in [2.45, 2.75) is 84.1 Å². The molecule has 1 rings (SSSR count). The van der Waals surface area contributed by atoms with Crippen molar-refractivity contribution in [1.29, 1.82) is 0 Å². The molecule has 0 spiro atoms. The first kappa shape index (κ1) is 14.5. The van der Waals surface area contributed by atoms with Crippen LogP contribution in [-0.2, 0) is 4.79 Å². The molecule has 1 fully saturated rings. The lowest BCUT2D eigenvalue weighted by molar-refractivity contribution is -0.126. The molecule has 1 atom stereocenters. The van der Waals surface area contributed by atoms with Gasteiger partial charge < -0.3 is 5.32 Å². The average molecular weight is 239 g/mol. The second kappa shape index (κ2) is 8.54. The SMILES string of the molecule is CCCCCCC(CC)C(=O)NC1CCCC1. The van der Waals surface area contributed by atoms with Gasteiger partial charge in [0.2, 0.25) is 5.91 Å². The standard InChI is InChI=1S/C15H29NO/c1-3-5-6-7-10-13(4-2)15(17)16-14-11-8-9-12-14/h13-14H,3-12H2,1-2H3,(H,16,17). The summed E-state index contributed by atoms with van der Waals surface area (Å²) in [4.78, 5) is 12.1. The molecule has 0 bridgehead atoms. The third-order valence-corrected chi connectivity index (χ3v) is 3.97. The molecule has 100 valence electrons. The second-order valence-corrected chi connectivity index (χ2v) is 5.44. The Labute approximate surface area is 107 Å². The van der Waals surface area contributed by atoms with Gasteiger partial charge >= 0.3 is 0 Å². The van der Waals surface area contributed by atoms with Crippen LogP contribution in [0.1, 0.15) is 78.1 Å². The summed E-state index contributed by atoms with van der Waals surface area (Å²) in [5.41, 5.74) is 0. The van der Waals surface area contributed by atoms with Gasteiger partial charge in [0.15, 0.2) is 0 Å². The van der Waals surface area contributed by atoms with Crippen molar-refractivity contribution in [1.82, 2.24) is 5.32 Å². The summed E-state index contributed by atoms with van der Waals surface area (Å²) in [6.07, 6.45) is 12.1. The summed E-state index contributed by atoms with van der Waals surface area (Å²) in [6, 6.07) is 0.479. The molecule has 0 aromatic carbocycles. The largest absolute Gasteiger partial charge is 0.353 e. The number of amides is 1. The van der Waals surface area contributed by atoms with Crippen LogP contribution in [0.25, 0.3) is 0 Å². The molecule has 0 radical (unpaired) electrons. The molecule has 2 heteroatoms. The number of hydrogen-bond acceptors (Lipinski definition) is 1. The Morgan fingerprint density at radius 1 is 1.18 bits per heavy atom. The van der Waals surface area contributed by atoms with E-state index in [0.29, 0.717) is 11.9 Å². The summed E-state index contributed by atoms with van der Waals surface area (Å²) >= 11 is 0. The van der Waals surface area contributed by atoms with Gasteiger partial charge in [0.1, 0.15) is 0 Å². The normalized spacial score (nSPS) is 18.2. The van der Waals surface area contributed by atoms with E-state index < -0.39 is 0 Å². The molecule has 1 saturated carbocycles. The van der Waals surface area contributed by atoms with Crippen molar-refractivity contribution in [2.75, 3.05) is 0 Å². The number of rotatable bonds is 8. The van der Waals surface area contributed by atoms with Gasteiger partial charge in [0.25, 0.3) is 0 Å². The van der Waals surface area contributed by atoms with Crippen molar-refractivity contribution >= 4 is 5.91 Å². The lowest BCUT2D eigenvalue weighted by atomic mass is 9.97. The van der Waals surface area contributed by atoms with Gasteiger partial charge in [-0.3, -0.25) is 4.79 Å². The van der Waals surface area contributed by atoms with E-state index in [-0.39, 0.29) is 5.92 Å². The van der Waals surface area contributed by atoms with Gasteiger partial charge in [0.05, 0.1) is 0 Å². The average Bonchev–Trinajstić information content (AvgIpc) is 2.82. The van der Waals surface area contributed by atoms with Crippen molar-refractivity contribution in [2.24, 2.45) is 5.92 Å². The molecule has 0 aliphatic heterocycles. The van der Waals surface area contributed by atoms with E-state index in [1.807, 2.05) is 0 Å². The van der Waals surface area contributed by atoms with Gasteiger partial charge in [-0.25, -0.2) is 0 Å². The molecule has 0 saturated heterocycles. The van der Waals surface area contributed by atoms with Gasteiger partial charge in [-0.05, 0) is 25.7 Å². The lowest BCUT2D eigenvalue weighted by Gasteiger charge is -2.18. The number of carbonyl (C=O) groups excluding carboxylic acids is 1. The Morgan fingerprint density at radius 2 is 1.88 bits per heavy atom. The third-order valence-electron chi connectivity index (χ3n) is 3.97. The maximum absolute atomic E-state index is 12.1. The van der Waals surface area contributed by atoms with Crippen LogP contribution < -0.4 is 5.32 Å². The highest BCUT2D eigenvalue weighted by atomic mass is 16.1. The Balaban J connectivity index is 2.20. The summed E-state index contributed by atoms with van der Waals surface area (Å²) in [6.45, 7) is 4.36. The summed E-state index contributed by atoms with van der Waals surface area (Å²) in [5.74, 6) is 0.573. The summed E-state index contributed by atoms with van der Waals surface area (Å²) in [7, 11) is 0. The number of carbonyl (C=O) groups is 1. The molecule has 1 aliphatic rings. The maximum atomic E-state index is 12.1. The zero-order chi connectivity index (χ0) is 12.5. The Morgan fingerprint density at radius 3 is 2.47 bits per heavy atom. The monoisotopic (exact) mass is 239 g/mol. The smallest absolute Gasteiger partial charge is 0.223 e. The zero-order valence-corrected chi connectivity index (χ0v) is 11.6. The zero-order valence-electron chi connectivity index (χ0n) is 11.6. The van der Waals surface area contributed by atoms with Crippen molar-refractivity contribution in [3.05, 3.63) is 0 Å². The van der Waals surface area contributed by atoms with E-state index in [0.717, 1.165) is 12.8 Å². The topological polar surface area (TPSA) is 29.1 Å². The van der Waals surface area contributed by atoms with Gasteiger partial charge in [-0.2, -0.15) is 0 Å². The fourth-order valence-corrected chi connectivity index (χ4v) is 2.73. The minimum Gasteiger partial charge on any atom is -0.353 e. The highest BCUT2D eigenvalue weighted by Gasteiger charge is 2.21. The van der Waals surface area contributed by atoms with E-state index in [1.165, 1.54) is 51.4 Å². The molecule has 0 heterocycles. The molecule has 1 unspecified atom stereocenters.